The van der Waals surface area contributed by atoms with E-state index in [0.717, 1.165) is 39.9 Å². The van der Waals surface area contributed by atoms with Crippen LogP contribution in [0.3, 0.4) is 0 Å². The maximum atomic E-state index is 13.3. The number of nitrogens with zero attached hydrogens (tertiary/aromatic N) is 2. The lowest BCUT2D eigenvalue weighted by molar-refractivity contribution is -0.137. The molecule has 216 valence electrons. The van der Waals surface area contributed by atoms with Crippen LogP contribution in [0.25, 0.3) is 33.3 Å². The van der Waals surface area contributed by atoms with Gasteiger partial charge in [0.25, 0.3) is 0 Å². The van der Waals surface area contributed by atoms with Gasteiger partial charge in [-0.05, 0) is 92.8 Å². The van der Waals surface area contributed by atoms with Gasteiger partial charge in [0.15, 0.2) is 0 Å². The number of aryl methyl sites for hydroxylation is 2. The summed E-state index contributed by atoms with van der Waals surface area (Å²) >= 11 is 0. The molecule has 0 radical (unpaired) electrons. The summed E-state index contributed by atoms with van der Waals surface area (Å²) in [7, 11) is 0. The molecule has 0 bridgehead atoms. The van der Waals surface area contributed by atoms with E-state index in [-0.39, 0.29) is 12.7 Å². The third kappa shape index (κ3) is 6.15. The minimum absolute atomic E-state index is 0.0113. The molecular formula is C33H30F3N3O3. The number of benzene rings is 2. The monoisotopic (exact) mass is 573 g/mol. The van der Waals surface area contributed by atoms with Crippen LogP contribution in [-0.2, 0) is 23.8 Å². The molecule has 0 saturated carbocycles. The predicted molar refractivity (Wildman–Crippen MR) is 155 cm³/mol. The molecule has 0 aliphatic carbocycles. The molecule has 5 aromatic rings. The van der Waals surface area contributed by atoms with E-state index >= 15 is 0 Å². The van der Waals surface area contributed by atoms with Crippen LogP contribution >= 0.6 is 0 Å². The molecule has 3 heterocycles. The Balaban J connectivity index is 1.74. The van der Waals surface area contributed by atoms with Gasteiger partial charge in [-0.3, -0.25) is 9.97 Å². The SMILES string of the molecule is CCOC(=O)c1[nH]c2ccc(-c3ccc(C(F)(F)F)cn3)c(-c3ccc(OC(C)C)cc3)c2c1CCc1ccncc1. The number of ether oxygens (including phenoxy) is 2. The van der Waals surface area contributed by atoms with Gasteiger partial charge in [-0.15, -0.1) is 0 Å². The molecular weight excluding hydrogens is 543 g/mol. The van der Waals surface area contributed by atoms with Gasteiger partial charge in [-0.25, -0.2) is 4.79 Å². The number of fused-ring (bicyclic) bond motifs is 1. The topological polar surface area (TPSA) is 77.1 Å². The van der Waals surface area contributed by atoms with E-state index in [1.54, 1.807) is 19.3 Å². The van der Waals surface area contributed by atoms with Gasteiger partial charge < -0.3 is 14.5 Å². The maximum absolute atomic E-state index is 13.3. The van der Waals surface area contributed by atoms with E-state index in [1.165, 1.54) is 6.07 Å². The first-order valence-corrected chi connectivity index (χ1v) is 13.7. The Morgan fingerprint density at radius 3 is 2.31 bits per heavy atom. The number of hydrogen-bond donors (Lipinski definition) is 1. The molecule has 9 heteroatoms. The molecule has 0 fully saturated rings. The summed E-state index contributed by atoms with van der Waals surface area (Å²) in [5, 5.41) is 0.781. The van der Waals surface area contributed by atoms with E-state index in [9.17, 15) is 18.0 Å². The molecule has 0 aliphatic heterocycles. The van der Waals surface area contributed by atoms with Gasteiger partial charge in [0.2, 0.25) is 0 Å². The molecule has 42 heavy (non-hydrogen) atoms. The molecule has 3 aromatic heterocycles. The minimum Gasteiger partial charge on any atom is -0.491 e. The molecule has 0 unspecified atom stereocenters. The first-order valence-electron chi connectivity index (χ1n) is 13.7. The standard InChI is InChI=1S/C33H30F3N3O3/c1-4-41-32(40)31-26(11-5-21-15-17-37-18-16-21)30-28(39-31)14-12-25(27-13-8-23(19-38-27)33(34,35)36)29(30)22-6-9-24(10-7-22)42-20(2)3/h6-10,12-20,39H,4-5,11H2,1-3H3. The summed E-state index contributed by atoms with van der Waals surface area (Å²) in [5.74, 6) is 0.216. The van der Waals surface area contributed by atoms with Gasteiger partial charge in [0, 0.05) is 40.6 Å². The fourth-order valence-corrected chi connectivity index (χ4v) is 5.01. The zero-order valence-electron chi connectivity index (χ0n) is 23.5. The fraction of sp³-hybridized carbons (Fsp3) is 0.242. The van der Waals surface area contributed by atoms with Gasteiger partial charge in [-0.2, -0.15) is 13.2 Å². The second-order valence-corrected chi connectivity index (χ2v) is 10.1. The largest absolute Gasteiger partial charge is 0.491 e. The van der Waals surface area contributed by atoms with E-state index < -0.39 is 17.7 Å². The van der Waals surface area contributed by atoms with Crippen molar-refractivity contribution < 1.29 is 27.4 Å². The number of pyridine rings is 2. The minimum atomic E-state index is -4.50. The van der Waals surface area contributed by atoms with Crippen molar-refractivity contribution in [2.45, 2.75) is 45.9 Å². The van der Waals surface area contributed by atoms with E-state index in [0.29, 0.717) is 41.1 Å². The van der Waals surface area contributed by atoms with Crippen molar-refractivity contribution >= 4 is 16.9 Å². The summed E-state index contributed by atoms with van der Waals surface area (Å²) in [6, 6.07) is 17.4. The second kappa shape index (κ2) is 12.1. The molecule has 0 aliphatic rings. The van der Waals surface area contributed by atoms with Crippen LogP contribution in [0.5, 0.6) is 5.75 Å². The first-order chi connectivity index (χ1) is 20.2. The smallest absolute Gasteiger partial charge is 0.417 e. The third-order valence-corrected chi connectivity index (χ3v) is 6.84. The van der Waals surface area contributed by atoms with Crippen molar-refractivity contribution in [1.29, 1.82) is 0 Å². The Hall–Kier alpha value is -4.66. The predicted octanol–water partition coefficient (Wildman–Crippen LogP) is 8.06. The van der Waals surface area contributed by atoms with E-state index in [4.69, 9.17) is 9.47 Å². The van der Waals surface area contributed by atoms with E-state index in [1.807, 2.05) is 62.4 Å². The number of alkyl halides is 3. The van der Waals surface area contributed by atoms with Crippen molar-refractivity contribution in [2.24, 2.45) is 0 Å². The molecule has 0 atom stereocenters. The third-order valence-electron chi connectivity index (χ3n) is 6.84. The highest BCUT2D eigenvalue weighted by Crippen LogP contribution is 2.42. The van der Waals surface area contributed by atoms with Gasteiger partial charge in [0.1, 0.15) is 11.4 Å². The Kier molecular flexibility index (Phi) is 8.29. The van der Waals surface area contributed by atoms with Crippen molar-refractivity contribution in [3.8, 4) is 28.1 Å². The second-order valence-electron chi connectivity index (χ2n) is 10.1. The lowest BCUT2D eigenvalue weighted by atomic mass is 9.90. The Labute approximate surface area is 241 Å². The molecule has 0 spiro atoms. The highest BCUT2D eigenvalue weighted by molar-refractivity contribution is 6.08. The summed E-state index contributed by atoms with van der Waals surface area (Å²) in [6.45, 7) is 5.84. The highest BCUT2D eigenvalue weighted by atomic mass is 19.4. The summed E-state index contributed by atoms with van der Waals surface area (Å²) in [6.07, 6.45) is 0.903. The first kappa shape index (κ1) is 28.9. The van der Waals surface area contributed by atoms with Gasteiger partial charge in [-0.1, -0.05) is 18.2 Å². The zero-order chi connectivity index (χ0) is 29.9. The van der Waals surface area contributed by atoms with Crippen LogP contribution in [0.2, 0.25) is 0 Å². The summed E-state index contributed by atoms with van der Waals surface area (Å²) in [4.78, 5) is 24.7. The van der Waals surface area contributed by atoms with Crippen LogP contribution in [0.4, 0.5) is 13.2 Å². The normalized spacial score (nSPS) is 11.7. The van der Waals surface area contributed by atoms with Crippen molar-refractivity contribution in [1.82, 2.24) is 15.0 Å². The Morgan fingerprint density at radius 2 is 1.69 bits per heavy atom. The molecule has 1 N–H and O–H groups in total. The maximum Gasteiger partial charge on any atom is 0.417 e. The lowest BCUT2D eigenvalue weighted by Crippen LogP contribution is -2.08. The fourth-order valence-electron chi connectivity index (χ4n) is 5.01. The van der Waals surface area contributed by atoms with E-state index in [2.05, 4.69) is 15.0 Å². The summed E-state index contributed by atoms with van der Waals surface area (Å²) < 4.78 is 51.2. The number of nitrogens with one attached hydrogen (secondary N) is 1. The number of carbonyl (C=O) groups excluding carboxylic acids is 1. The number of aromatic amines is 1. The van der Waals surface area contributed by atoms with Crippen molar-refractivity contribution in [3.05, 3.63) is 102 Å². The van der Waals surface area contributed by atoms with Crippen LogP contribution in [-0.4, -0.2) is 33.6 Å². The number of H-pyrrole nitrogens is 1. The lowest BCUT2D eigenvalue weighted by Gasteiger charge is -2.16. The molecule has 0 amide bonds. The molecule has 0 saturated heterocycles. The van der Waals surface area contributed by atoms with Crippen LogP contribution in [0.15, 0.2) is 79.3 Å². The number of aromatic nitrogens is 3. The highest BCUT2D eigenvalue weighted by Gasteiger charge is 2.31. The Morgan fingerprint density at radius 1 is 0.952 bits per heavy atom. The number of rotatable bonds is 9. The van der Waals surface area contributed by atoms with Gasteiger partial charge in [0.05, 0.1) is 24.0 Å². The van der Waals surface area contributed by atoms with Crippen LogP contribution < -0.4 is 4.74 Å². The number of halogens is 3. The summed E-state index contributed by atoms with van der Waals surface area (Å²) in [5.41, 5.74) is 4.58. The Bertz CT molecular complexity index is 1680. The van der Waals surface area contributed by atoms with Crippen LogP contribution in [0.1, 0.15) is 48.0 Å². The van der Waals surface area contributed by atoms with Gasteiger partial charge >= 0.3 is 12.1 Å². The average Bonchev–Trinajstić information content (AvgIpc) is 3.35. The molecule has 2 aromatic carbocycles. The number of esters is 1. The van der Waals surface area contributed by atoms with Crippen molar-refractivity contribution in [3.63, 3.8) is 0 Å². The van der Waals surface area contributed by atoms with Crippen LogP contribution in [0, 0.1) is 0 Å². The quantitative estimate of drug-likeness (QED) is 0.181. The average molecular weight is 574 g/mol. The number of carbonyl (C=O) groups is 1. The molecule has 6 nitrogen and oxygen atoms in total. The molecule has 5 rings (SSSR count). The number of hydrogen-bond acceptors (Lipinski definition) is 5. The zero-order valence-corrected chi connectivity index (χ0v) is 23.5. The van der Waals surface area contributed by atoms with Crippen molar-refractivity contribution in [2.75, 3.05) is 6.61 Å².